The maximum atomic E-state index is 4.85. The summed E-state index contributed by atoms with van der Waals surface area (Å²) in [6, 6.07) is 6.55. The number of nitrogens with zero attached hydrogens (tertiary/aromatic N) is 1. The molecule has 0 atom stereocenters. The van der Waals surface area contributed by atoms with Crippen LogP contribution in [-0.4, -0.2) is 11.7 Å². The maximum Gasteiger partial charge on any atom is 0.131 e. The lowest BCUT2D eigenvalue weighted by Crippen LogP contribution is -2.23. The van der Waals surface area contributed by atoms with Gasteiger partial charge in [-0.25, -0.2) is 0 Å². The molecule has 0 aliphatic carbocycles. The molecular formula is C12H12N2O. The molecule has 3 nitrogen and oxygen atoms in total. The molecule has 76 valence electrons. The number of hydrogen-bond donors (Lipinski definition) is 1. The number of aromatic nitrogens is 1. The van der Waals surface area contributed by atoms with Crippen molar-refractivity contribution < 1.29 is 4.52 Å². The molecule has 0 saturated heterocycles. The highest BCUT2D eigenvalue weighted by molar-refractivity contribution is 5.63. The first-order valence-electron chi connectivity index (χ1n) is 5.16. The number of nitrogens with one attached hydrogen (secondary N) is 1. The zero-order valence-electron chi connectivity index (χ0n) is 8.36. The summed E-state index contributed by atoms with van der Waals surface area (Å²) in [5, 5.41) is 7.09. The van der Waals surface area contributed by atoms with Gasteiger partial charge in [0, 0.05) is 12.1 Å². The largest absolute Gasteiger partial charge is 0.364 e. The lowest BCUT2D eigenvalue weighted by atomic mass is 9.97. The van der Waals surface area contributed by atoms with Crippen molar-refractivity contribution in [2.75, 3.05) is 6.54 Å². The quantitative estimate of drug-likeness (QED) is 0.765. The van der Waals surface area contributed by atoms with E-state index in [0.717, 1.165) is 25.1 Å². The molecule has 0 amide bonds. The van der Waals surface area contributed by atoms with E-state index >= 15 is 0 Å². The minimum Gasteiger partial charge on any atom is -0.364 e. The van der Waals surface area contributed by atoms with E-state index in [2.05, 4.69) is 28.7 Å². The average Bonchev–Trinajstić information content (AvgIpc) is 2.82. The van der Waals surface area contributed by atoms with Crippen LogP contribution in [0.5, 0.6) is 0 Å². The first kappa shape index (κ1) is 8.68. The van der Waals surface area contributed by atoms with E-state index in [1.165, 1.54) is 16.7 Å². The smallest absolute Gasteiger partial charge is 0.131 e. The fourth-order valence-corrected chi connectivity index (χ4v) is 2.00. The number of rotatable bonds is 1. The highest BCUT2D eigenvalue weighted by atomic mass is 16.5. The summed E-state index contributed by atoms with van der Waals surface area (Å²) in [6.07, 6.45) is 4.54. The maximum absolute atomic E-state index is 4.85. The average molecular weight is 200 g/mol. The Labute approximate surface area is 88.1 Å². The molecule has 15 heavy (non-hydrogen) atoms. The van der Waals surface area contributed by atoms with E-state index in [4.69, 9.17) is 4.52 Å². The second-order valence-corrected chi connectivity index (χ2v) is 3.82. The van der Waals surface area contributed by atoms with Crippen LogP contribution in [0.25, 0.3) is 11.1 Å². The van der Waals surface area contributed by atoms with Crippen LogP contribution in [0.3, 0.4) is 0 Å². The topological polar surface area (TPSA) is 38.1 Å². The van der Waals surface area contributed by atoms with E-state index < -0.39 is 0 Å². The lowest BCUT2D eigenvalue weighted by molar-refractivity contribution is 0.420. The minimum absolute atomic E-state index is 0.985. The Morgan fingerprint density at radius 3 is 3.07 bits per heavy atom. The molecule has 0 saturated carbocycles. The third kappa shape index (κ3) is 1.55. The Morgan fingerprint density at radius 2 is 2.20 bits per heavy atom. The van der Waals surface area contributed by atoms with E-state index in [0.29, 0.717) is 0 Å². The third-order valence-electron chi connectivity index (χ3n) is 2.86. The van der Waals surface area contributed by atoms with Gasteiger partial charge in [-0.05, 0) is 29.7 Å². The van der Waals surface area contributed by atoms with Crippen LogP contribution < -0.4 is 5.32 Å². The summed E-state index contributed by atoms with van der Waals surface area (Å²) in [4.78, 5) is 0. The van der Waals surface area contributed by atoms with Gasteiger partial charge in [-0.2, -0.15) is 0 Å². The van der Waals surface area contributed by atoms with Gasteiger partial charge in [0.15, 0.2) is 0 Å². The molecule has 0 unspecified atom stereocenters. The predicted octanol–water partition coefficient (Wildman–Crippen LogP) is 1.99. The highest BCUT2D eigenvalue weighted by Gasteiger charge is 2.09. The van der Waals surface area contributed by atoms with Crippen molar-refractivity contribution in [2.45, 2.75) is 13.0 Å². The van der Waals surface area contributed by atoms with Crippen molar-refractivity contribution in [3.63, 3.8) is 0 Å². The van der Waals surface area contributed by atoms with Crippen molar-refractivity contribution in [3.05, 3.63) is 41.8 Å². The van der Waals surface area contributed by atoms with Gasteiger partial charge in [-0.15, -0.1) is 0 Å². The standard InChI is InChI=1S/C12H12N2O/c1-2-11-6-13-4-3-10(11)5-9(1)12-7-14-15-8-12/h1-2,5,7-8,13H,3-4,6H2. The van der Waals surface area contributed by atoms with Crippen LogP contribution in [0.15, 0.2) is 35.2 Å². The van der Waals surface area contributed by atoms with Crippen LogP contribution in [0.2, 0.25) is 0 Å². The highest BCUT2D eigenvalue weighted by Crippen LogP contribution is 2.23. The molecule has 1 aromatic carbocycles. The van der Waals surface area contributed by atoms with Crippen molar-refractivity contribution in [1.29, 1.82) is 0 Å². The van der Waals surface area contributed by atoms with Crippen molar-refractivity contribution in [1.82, 2.24) is 10.5 Å². The number of fused-ring (bicyclic) bond motifs is 1. The van der Waals surface area contributed by atoms with Crippen molar-refractivity contribution >= 4 is 0 Å². The molecule has 0 fully saturated rings. The molecule has 0 radical (unpaired) electrons. The van der Waals surface area contributed by atoms with Gasteiger partial charge in [0.05, 0.1) is 6.20 Å². The molecule has 0 spiro atoms. The predicted molar refractivity (Wildman–Crippen MR) is 57.3 cm³/mol. The molecule has 1 aliphatic rings. The molecule has 1 aromatic heterocycles. The van der Waals surface area contributed by atoms with E-state index in [9.17, 15) is 0 Å². The fraction of sp³-hybridized carbons (Fsp3) is 0.250. The second-order valence-electron chi connectivity index (χ2n) is 3.82. The molecule has 0 bridgehead atoms. The Balaban J connectivity index is 2.04. The van der Waals surface area contributed by atoms with Gasteiger partial charge in [-0.1, -0.05) is 23.4 Å². The first-order chi connectivity index (χ1) is 7.43. The van der Waals surface area contributed by atoms with Gasteiger partial charge in [0.1, 0.15) is 6.26 Å². The zero-order valence-corrected chi connectivity index (χ0v) is 8.36. The summed E-state index contributed by atoms with van der Waals surface area (Å²) >= 11 is 0. The molecule has 2 aromatic rings. The van der Waals surface area contributed by atoms with Gasteiger partial charge >= 0.3 is 0 Å². The summed E-state index contributed by atoms with van der Waals surface area (Å²) in [6.45, 7) is 2.05. The van der Waals surface area contributed by atoms with Crippen molar-refractivity contribution in [2.24, 2.45) is 0 Å². The second kappa shape index (κ2) is 3.51. The Bertz CT molecular complexity index is 462. The van der Waals surface area contributed by atoms with Crippen LogP contribution in [0.4, 0.5) is 0 Å². The normalized spacial score (nSPS) is 14.9. The molecule has 2 heterocycles. The van der Waals surface area contributed by atoms with Crippen LogP contribution in [-0.2, 0) is 13.0 Å². The minimum atomic E-state index is 0.985. The summed E-state index contributed by atoms with van der Waals surface area (Å²) < 4.78 is 4.85. The lowest BCUT2D eigenvalue weighted by Gasteiger charge is -2.17. The summed E-state index contributed by atoms with van der Waals surface area (Å²) in [5.41, 5.74) is 5.09. The number of hydrogen-bond acceptors (Lipinski definition) is 3. The summed E-state index contributed by atoms with van der Waals surface area (Å²) in [5.74, 6) is 0. The summed E-state index contributed by atoms with van der Waals surface area (Å²) in [7, 11) is 0. The third-order valence-corrected chi connectivity index (χ3v) is 2.86. The molecule has 1 N–H and O–H groups in total. The van der Waals surface area contributed by atoms with Gasteiger partial charge in [0.2, 0.25) is 0 Å². The molecule has 1 aliphatic heterocycles. The monoisotopic (exact) mass is 200 g/mol. The van der Waals surface area contributed by atoms with Crippen LogP contribution in [0, 0.1) is 0 Å². The Hall–Kier alpha value is -1.61. The Kier molecular flexibility index (Phi) is 2.03. The van der Waals surface area contributed by atoms with Crippen LogP contribution in [0.1, 0.15) is 11.1 Å². The zero-order chi connectivity index (χ0) is 10.1. The van der Waals surface area contributed by atoms with E-state index in [1.54, 1.807) is 12.5 Å². The molecule has 3 heteroatoms. The van der Waals surface area contributed by atoms with Crippen LogP contribution >= 0.6 is 0 Å². The first-order valence-corrected chi connectivity index (χ1v) is 5.16. The Morgan fingerprint density at radius 1 is 1.20 bits per heavy atom. The molecule has 3 rings (SSSR count). The van der Waals surface area contributed by atoms with Gasteiger partial charge in [0.25, 0.3) is 0 Å². The van der Waals surface area contributed by atoms with Gasteiger partial charge < -0.3 is 9.84 Å². The van der Waals surface area contributed by atoms with E-state index in [-0.39, 0.29) is 0 Å². The van der Waals surface area contributed by atoms with E-state index in [1.807, 2.05) is 0 Å². The molecular weight excluding hydrogens is 188 g/mol. The van der Waals surface area contributed by atoms with Gasteiger partial charge in [-0.3, -0.25) is 0 Å². The fourth-order valence-electron chi connectivity index (χ4n) is 2.00. The number of benzene rings is 1. The van der Waals surface area contributed by atoms with Crippen molar-refractivity contribution in [3.8, 4) is 11.1 Å². The SMILES string of the molecule is c1cc2c(cc1-c1cnoc1)CCNC2.